The lowest BCUT2D eigenvalue weighted by Gasteiger charge is -2.28. The standard InChI is InChI=1S/C12H21N3/c1-3-8-15-12(5-7-14-15)11-4-6-13-10(2)9-11/h5,7,10-11,13H,3-4,6,8-9H2,1-2H3. The zero-order valence-corrected chi connectivity index (χ0v) is 9.74. The Balaban J connectivity index is 2.10. The van der Waals surface area contributed by atoms with Gasteiger partial charge < -0.3 is 5.32 Å². The molecule has 0 saturated carbocycles. The second-order valence-corrected chi connectivity index (χ2v) is 4.56. The highest BCUT2D eigenvalue weighted by molar-refractivity contribution is 5.09. The van der Waals surface area contributed by atoms with Crippen molar-refractivity contribution in [2.24, 2.45) is 0 Å². The predicted molar refractivity (Wildman–Crippen MR) is 62.0 cm³/mol. The summed E-state index contributed by atoms with van der Waals surface area (Å²) in [5.41, 5.74) is 1.44. The molecule has 1 fully saturated rings. The molecule has 1 saturated heterocycles. The van der Waals surface area contributed by atoms with E-state index in [1.165, 1.54) is 18.5 Å². The van der Waals surface area contributed by atoms with E-state index in [1.54, 1.807) is 0 Å². The van der Waals surface area contributed by atoms with Crippen molar-refractivity contribution in [3.8, 4) is 0 Å². The summed E-state index contributed by atoms with van der Waals surface area (Å²) in [5.74, 6) is 0.704. The lowest BCUT2D eigenvalue weighted by atomic mass is 9.90. The monoisotopic (exact) mass is 207 g/mol. The highest BCUT2D eigenvalue weighted by Crippen LogP contribution is 2.27. The summed E-state index contributed by atoms with van der Waals surface area (Å²) in [4.78, 5) is 0. The maximum absolute atomic E-state index is 4.40. The zero-order chi connectivity index (χ0) is 10.7. The zero-order valence-electron chi connectivity index (χ0n) is 9.74. The van der Waals surface area contributed by atoms with E-state index in [4.69, 9.17) is 0 Å². The summed E-state index contributed by atoms with van der Waals surface area (Å²) in [5, 5.41) is 7.90. The van der Waals surface area contributed by atoms with E-state index in [0.29, 0.717) is 12.0 Å². The number of nitrogens with one attached hydrogen (secondary N) is 1. The molecule has 84 valence electrons. The molecule has 2 unspecified atom stereocenters. The number of rotatable bonds is 3. The van der Waals surface area contributed by atoms with Crippen LogP contribution in [0.15, 0.2) is 12.3 Å². The molecule has 0 aromatic carbocycles. The Bertz CT molecular complexity index is 306. The van der Waals surface area contributed by atoms with Gasteiger partial charge in [-0.05, 0) is 38.8 Å². The van der Waals surface area contributed by atoms with Gasteiger partial charge in [0.1, 0.15) is 0 Å². The van der Waals surface area contributed by atoms with E-state index >= 15 is 0 Å². The van der Waals surface area contributed by atoms with Gasteiger partial charge in [0.05, 0.1) is 0 Å². The van der Waals surface area contributed by atoms with E-state index in [-0.39, 0.29) is 0 Å². The maximum atomic E-state index is 4.40. The minimum absolute atomic E-state index is 0.647. The van der Waals surface area contributed by atoms with Gasteiger partial charge >= 0.3 is 0 Å². The summed E-state index contributed by atoms with van der Waals surface area (Å²) in [7, 11) is 0. The first kappa shape index (κ1) is 10.7. The van der Waals surface area contributed by atoms with E-state index in [0.717, 1.165) is 19.5 Å². The second kappa shape index (κ2) is 4.79. The number of aryl methyl sites for hydroxylation is 1. The van der Waals surface area contributed by atoms with Crippen LogP contribution in [0, 0.1) is 0 Å². The second-order valence-electron chi connectivity index (χ2n) is 4.56. The Morgan fingerprint density at radius 3 is 3.20 bits per heavy atom. The highest BCUT2D eigenvalue weighted by atomic mass is 15.3. The fraction of sp³-hybridized carbons (Fsp3) is 0.750. The van der Waals surface area contributed by atoms with E-state index in [2.05, 4.69) is 35.0 Å². The number of hydrogen-bond donors (Lipinski definition) is 1. The molecule has 0 spiro atoms. The number of aromatic nitrogens is 2. The number of nitrogens with zero attached hydrogens (tertiary/aromatic N) is 2. The van der Waals surface area contributed by atoms with Crippen molar-refractivity contribution in [1.29, 1.82) is 0 Å². The van der Waals surface area contributed by atoms with Crippen molar-refractivity contribution in [3.63, 3.8) is 0 Å². The molecular weight excluding hydrogens is 186 g/mol. The Labute approximate surface area is 91.9 Å². The largest absolute Gasteiger partial charge is 0.314 e. The number of piperidine rings is 1. The first-order valence-corrected chi connectivity index (χ1v) is 6.06. The topological polar surface area (TPSA) is 29.9 Å². The van der Waals surface area contributed by atoms with Crippen LogP contribution in [0.3, 0.4) is 0 Å². The molecule has 1 aliphatic heterocycles. The molecule has 3 nitrogen and oxygen atoms in total. The van der Waals surface area contributed by atoms with Crippen molar-refractivity contribution in [2.75, 3.05) is 6.54 Å². The maximum Gasteiger partial charge on any atom is 0.0492 e. The summed E-state index contributed by atoms with van der Waals surface area (Å²) in [6.45, 7) is 6.67. The minimum atomic E-state index is 0.647. The van der Waals surface area contributed by atoms with Crippen LogP contribution in [0.2, 0.25) is 0 Å². The highest BCUT2D eigenvalue weighted by Gasteiger charge is 2.22. The van der Waals surface area contributed by atoms with Crippen LogP contribution in [0.25, 0.3) is 0 Å². The Morgan fingerprint density at radius 2 is 2.47 bits per heavy atom. The van der Waals surface area contributed by atoms with Gasteiger partial charge in [0.2, 0.25) is 0 Å². The van der Waals surface area contributed by atoms with Crippen LogP contribution < -0.4 is 5.32 Å². The molecule has 15 heavy (non-hydrogen) atoms. The summed E-state index contributed by atoms with van der Waals surface area (Å²) in [6.07, 6.45) is 5.60. The van der Waals surface area contributed by atoms with Crippen LogP contribution in [-0.4, -0.2) is 22.4 Å². The summed E-state index contributed by atoms with van der Waals surface area (Å²) >= 11 is 0. The molecular formula is C12H21N3. The smallest absolute Gasteiger partial charge is 0.0492 e. The molecule has 1 aromatic heterocycles. The minimum Gasteiger partial charge on any atom is -0.314 e. The van der Waals surface area contributed by atoms with Crippen molar-refractivity contribution in [3.05, 3.63) is 18.0 Å². The van der Waals surface area contributed by atoms with Crippen LogP contribution >= 0.6 is 0 Å². The van der Waals surface area contributed by atoms with Crippen LogP contribution in [0.4, 0.5) is 0 Å². The third-order valence-corrected chi connectivity index (χ3v) is 3.23. The molecule has 0 radical (unpaired) electrons. The summed E-state index contributed by atoms with van der Waals surface area (Å²) in [6, 6.07) is 2.84. The Hall–Kier alpha value is -0.830. The van der Waals surface area contributed by atoms with E-state index in [1.807, 2.05) is 6.20 Å². The average molecular weight is 207 g/mol. The molecule has 2 rings (SSSR count). The van der Waals surface area contributed by atoms with Crippen molar-refractivity contribution in [2.45, 2.75) is 51.6 Å². The van der Waals surface area contributed by atoms with Gasteiger partial charge in [-0.25, -0.2) is 0 Å². The molecule has 3 heteroatoms. The SMILES string of the molecule is CCCn1nccc1C1CCNC(C)C1. The van der Waals surface area contributed by atoms with Gasteiger partial charge in [0, 0.05) is 30.4 Å². The van der Waals surface area contributed by atoms with Gasteiger partial charge in [0.15, 0.2) is 0 Å². The normalized spacial score (nSPS) is 26.8. The fourth-order valence-electron chi connectivity index (χ4n) is 2.49. The van der Waals surface area contributed by atoms with Gasteiger partial charge in [-0.1, -0.05) is 6.92 Å². The first-order chi connectivity index (χ1) is 7.31. The van der Waals surface area contributed by atoms with Gasteiger partial charge in [0.25, 0.3) is 0 Å². The molecule has 0 bridgehead atoms. The molecule has 1 aliphatic rings. The van der Waals surface area contributed by atoms with Gasteiger partial charge in [-0.2, -0.15) is 5.10 Å². The molecule has 2 atom stereocenters. The van der Waals surface area contributed by atoms with Gasteiger partial charge in [-0.3, -0.25) is 4.68 Å². The van der Waals surface area contributed by atoms with E-state index < -0.39 is 0 Å². The van der Waals surface area contributed by atoms with Crippen molar-refractivity contribution in [1.82, 2.24) is 15.1 Å². The quantitative estimate of drug-likeness (QED) is 0.823. The number of hydrogen-bond acceptors (Lipinski definition) is 2. The Morgan fingerprint density at radius 1 is 1.60 bits per heavy atom. The molecule has 1 N–H and O–H groups in total. The first-order valence-electron chi connectivity index (χ1n) is 6.06. The predicted octanol–water partition coefficient (Wildman–Crippen LogP) is 2.15. The molecule has 0 aliphatic carbocycles. The molecule has 1 aromatic rings. The average Bonchev–Trinajstić information content (AvgIpc) is 2.66. The van der Waals surface area contributed by atoms with Crippen molar-refractivity contribution < 1.29 is 0 Å². The van der Waals surface area contributed by atoms with Crippen LogP contribution in [0.1, 0.15) is 44.7 Å². The third kappa shape index (κ3) is 2.40. The van der Waals surface area contributed by atoms with Crippen molar-refractivity contribution >= 4 is 0 Å². The van der Waals surface area contributed by atoms with Crippen LogP contribution in [0.5, 0.6) is 0 Å². The van der Waals surface area contributed by atoms with Crippen LogP contribution in [-0.2, 0) is 6.54 Å². The third-order valence-electron chi connectivity index (χ3n) is 3.23. The van der Waals surface area contributed by atoms with E-state index in [9.17, 15) is 0 Å². The summed E-state index contributed by atoms with van der Waals surface area (Å²) < 4.78 is 2.18. The molecule has 2 heterocycles. The van der Waals surface area contributed by atoms with Gasteiger partial charge in [-0.15, -0.1) is 0 Å². The fourth-order valence-corrected chi connectivity index (χ4v) is 2.49. The molecule has 0 amide bonds. The Kier molecular flexibility index (Phi) is 3.41. The lowest BCUT2D eigenvalue weighted by molar-refractivity contribution is 0.364. The lowest BCUT2D eigenvalue weighted by Crippen LogP contribution is -2.35.